The first-order valence-corrected chi connectivity index (χ1v) is 6.43. The standard InChI is InChI=1S/C9H12N2O2S2/c1-5(2)6(13)7-8(10-4-12)11-9(14-3)15-7/h4-5H,1-3H3,(H,10,12). The zero-order valence-corrected chi connectivity index (χ0v) is 10.4. The van der Waals surface area contributed by atoms with Crippen LogP contribution in [0.5, 0.6) is 0 Å². The molecule has 1 aromatic heterocycles. The van der Waals surface area contributed by atoms with Gasteiger partial charge < -0.3 is 5.32 Å². The van der Waals surface area contributed by atoms with E-state index in [4.69, 9.17) is 0 Å². The molecule has 0 unspecified atom stereocenters. The molecule has 82 valence electrons. The molecule has 0 spiro atoms. The molecule has 4 nitrogen and oxygen atoms in total. The van der Waals surface area contributed by atoms with Crippen molar-refractivity contribution in [2.75, 3.05) is 11.6 Å². The minimum absolute atomic E-state index is 0.0113. The van der Waals surface area contributed by atoms with Gasteiger partial charge in [-0.05, 0) is 6.26 Å². The van der Waals surface area contributed by atoms with E-state index in [1.165, 1.54) is 23.1 Å². The number of thioether (sulfide) groups is 1. The number of amides is 1. The lowest BCUT2D eigenvalue weighted by Crippen LogP contribution is -2.08. The zero-order valence-electron chi connectivity index (χ0n) is 8.73. The molecule has 0 aliphatic heterocycles. The molecule has 0 aliphatic rings. The molecule has 0 aromatic carbocycles. The Morgan fingerprint density at radius 1 is 1.60 bits per heavy atom. The van der Waals surface area contributed by atoms with Crippen molar-refractivity contribution in [3.63, 3.8) is 0 Å². The Morgan fingerprint density at radius 2 is 2.27 bits per heavy atom. The monoisotopic (exact) mass is 244 g/mol. The molecule has 1 N–H and O–H groups in total. The average Bonchev–Trinajstić information content (AvgIpc) is 2.60. The first kappa shape index (κ1) is 12.2. The van der Waals surface area contributed by atoms with Gasteiger partial charge in [0.2, 0.25) is 6.41 Å². The molecule has 0 bridgehead atoms. The SMILES string of the molecule is CSc1nc(NC=O)c(C(=O)C(C)C)s1. The lowest BCUT2D eigenvalue weighted by Gasteiger charge is -2.02. The predicted octanol–water partition coefficient (Wildman–Crippen LogP) is 2.27. The molecule has 0 saturated carbocycles. The largest absolute Gasteiger partial charge is 0.312 e. The smallest absolute Gasteiger partial charge is 0.212 e. The number of aromatic nitrogens is 1. The quantitative estimate of drug-likeness (QED) is 0.490. The molecule has 0 saturated heterocycles. The van der Waals surface area contributed by atoms with Crippen LogP contribution in [-0.4, -0.2) is 23.4 Å². The molecule has 1 heterocycles. The molecule has 6 heteroatoms. The fourth-order valence-corrected chi connectivity index (χ4v) is 2.59. The van der Waals surface area contributed by atoms with Crippen LogP contribution in [0.25, 0.3) is 0 Å². The van der Waals surface area contributed by atoms with Gasteiger partial charge >= 0.3 is 0 Å². The molecule has 15 heavy (non-hydrogen) atoms. The summed E-state index contributed by atoms with van der Waals surface area (Å²) >= 11 is 2.77. The van der Waals surface area contributed by atoms with E-state index >= 15 is 0 Å². The topological polar surface area (TPSA) is 59.1 Å². The number of hydrogen-bond donors (Lipinski definition) is 1. The summed E-state index contributed by atoms with van der Waals surface area (Å²) in [5.41, 5.74) is 0. The molecular weight excluding hydrogens is 232 g/mol. The number of rotatable bonds is 5. The molecule has 1 amide bonds. The third-order valence-corrected chi connectivity index (χ3v) is 3.78. The molecular formula is C9H12N2O2S2. The van der Waals surface area contributed by atoms with Crippen molar-refractivity contribution in [3.8, 4) is 0 Å². The molecule has 0 radical (unpaired) electrons. The van der Waals surface area contributed by atoms with Crippen LogP contribution >= 0.6 is 23.1 Å². The van der Waals surface area contributed by atoms with Crippen molar-refractivity contribution in [1.29, 1.82) is 0 Å². The Hall–Kier alpha value is -0.880. The van der Waals surface area contributed by atoms with Crippen molar-refractivity contribution >= 4 is 41.1 Å². The minimum atomic E-state index is -0.0904. The first-order valence-electron chi connectivity index (χ1n) is 4.39. The van der Waals surface area contributed by atoms with Gasteiger partial charge in [0.05, 0.1) is 0 Å². The van der Waals surface area contributed by atoms with Gasteiger partial charge in [0.1, 0.15) is 4.88 Å². The van der Waals surface area contributed by atoms with Gasteiger partial charge in [-0.25, -0.2) is 4.98 Å². The Kier molecular flexibility index (Phi) is 4.28. The second kappa shape index (κ2) is 5.27. The van der Waals surface area contributed by atoms with Crippen LogP contribution in [0.1, 0.15) is 23.5 Å². The fourth-order valence-electron chi connectivity index (χ4n) is 0.971. The Balaban J connectivity index is 3.08. The van der Waals surface area contributed by atoms with Crippen molar-refractivity contribution in [2.24, 2.45) is 5.92 Å². The average molecular weight is 244 g/mol. The van der Waals surface area contributed by atoms with Crippen LogP contribution in [0.3, 0.4) is 0 Å². The summed E-state index contributed by atoms with van der Waals surface area (Å²) in [4.78, 5) is 26.8. The summed E-state index contributed by atoms with van der Waals surface area (Å²) < 4.78 is 0.781. The first-order chi connectivity index (χ1) is 7.10. The maximum atomic E-state index is 11.8. The highest BCUT2D eigenvalue weighted by molar-refractivity contribution is 8.00. The Bertz CT molecular complexity index is 374. The summed E-state index contributed by atoms with van der Waals surface area (Å²) in [6.07, 6.45) is 2.42. The number of ketones is 1. The van der Waals surface area contributed by atoms with E-state index in [0.717, 1.165) is 4.34 Å². The lowest BCUT2D eigenvalue weighted by atomic mass is 10.1. The van der Waals surface area contributed by atoms with E-state index in [-0.39, 0.29) is 11.7 Å². The van der Waals surface area contributed by atoms with E-state index in [1.807, 2.05) is 20.1 Å². The molecule has 1 aromatic rings. The number of anilines is 1. The van der Waals surface area contributed by atoms with Crippen molar-refractivity contribution < 1.29 is 9.59 Å². The number of Topliss-reactive ketones (excluding diaryl/α,β-unsaturated/α-hetero) is 1. The molecule has 1 rings (SSSR count). The summed E-state index contributed by atoms with van der Waals surface area (Å²) in [7, 11) is 0. The van der Waals surface area contributed by atoms with Crippen molar-refractivity contribution in [3.05, 3.63) is 4.88 Å². The van der Waals surface area contributed by atoms with Gasteiger partial charge in [-0.3, -0.25) is 9.59 Å². The number of nitrogens with one attached hydrogen (secondary N) is 1. The molecule has 0 fully saturated rings. The Morgan fingerprint density at radius 3 is 2.73 bits per heavy atom. The van der Waals surface area contributed by atoms with Gasteiger partial charge in [0.25, 0.3) is 0 Å². The van der Waals surface area contributed by atoms with Crippen LogP contribution < -0.4 is 5.32 Å². The second-order valence-electron chi connectivity index (χ2n) is 3.14. The van der Waals surface area contributed by atoms with E-state index in [1.54, 1.807) is 0 Å². The van der Waals surface area contributed by atoms with Gasteiger partial charge in [-0.15, -0.1) is 11.3 Å². The fraction of sp³-hybridized carbons (Fsp3) is 0.444. The van der Waals surface area contributed by atoms with Crippen molar-refractivity contribution in [1.82, 2.24) is 4.98 Å². The van der Waals surface area contributed by atoms with E-state index in [0.29, 0.717) is 17.1 Å². The number of hydrogen-bond acceptors (Lipinski definition) is 5. The molecule has 0 atom stereocenters. The lowest BCUT2D eigenvalue weighted by molar-refractivity contribution is -0.105. The highest BCUT2D eigenvalue weighted by atomic mass is 32.2. The number of carbonyl (C=O) groups is 2. The van der Waals surface area contributed by atoms with Crippen LogP contribution in [-0.2, 0) is 4.79 Å². The van der Waals surface area contributed by atoms with Gasteiger partial charge in [0, 0.05) is 5.92 Å². The summed E-state index contributed by atoms with van der Waals surface area (Å²) in [5.74, 6) is 0.294. The highest BCUT2D eigenvalue weighted by Gasteiger charge is 2.19. The third kappa shape index (κ3) is 2.79. The number of thiazole rings is 1. The van der Waals surface area contributed by atoms with E-state index in [2.05, 4.69) is 10.3 Å². The second-order valence-corrected chi connectivity index (χ2v) is 5.20. The zero-order chi connectivity index (χ0) is 11.4. The van der Waals surface area contributed by atoms with Gasteiger partial charge in [-0.1, -0.05) is 25.6 Å². The van der Waals surface area contributed by atoms with Crippen LogP contribution in [0.4, 0.5) is 5.82 Å². The summed E-state index contributed by atoms with van der Waals surface area (Å²) in [5, 5.41) is 2.45. The molecule has 0 aliphatic carbocycles. The maximum absolute atomic E-state index is 11.8. The van der Waals surface area contributed by atoms with Crippen LogP contribution in [0.15, 0.2) is 4.34 Å². The van der Waals surface area contributed by atoms with Gasteiger partial charge in [-0.2, -0.15) is 0 Å². The summed E-state index contributed by atoms with van der Waals surface area (Å²) in [6.45, 7) is 3.65. The summed E-state index contributed by atoms with van der Waals surface area (Å²) in [6, 6.07) is 0. The third-order valence-electron chi connectivity index (χ3n) is 1.73. The highest BCUT2D eigenvalue weighted by Crippen LogP contribution is 2.30. The number of carbonyl (C=O) groups excluding carboxylic acids is 2. The van der Waals surface area contributed by atoms with Crippen LogP contribution in [0, 0.1) is 5.92 Å². The minimum Gasteiger partial charge on any atom is -0.312 e. The van der Waals surface area contributed by atoms with Crippen molar-refractivity contribution in [2.45, 2.75) is 18.2 Å². The predicted molar refractivity (Wildman–Crippen MR) is 62.8 cm³/mol. The Labute approximate surface area is 96.5 Å². The van der Waals surface area contributed by atoms with E-state index in [9.17, 15) is 9.59 Å². The van der Waals surface area contributed by atoms with Gasteiger partial charge in [0.15, 0.2) is 15.9 Å². The van der Waals surface area contributed by atoms with Crippen LogP contribution in [0.2, 0.25) is 0 Å². The maximum Gasteiger partial charge on any atom is 0.212 e. The van der Waals surface area contributed by atoms with E-state index < -0.39 is 0 Å². The number of nitrogens with zero attached hydrogens (tertiary/aromatic N) is 1. The normalized spacial score (nSPS) is 10.4.